The second-order valence-electron chi connectivity index (χ2n) is 7.91. The summed E-state index contributed by atoms with van der Waals surface area (Å²) in [4.78, 5) is 31.2. The number of nitrogens with zero attached hydrogens (tertiary/aromatic N) is 2. The lowest BCUT2D eigenvalue weighted by molar-refractivity contribution is -0.120. The fourth-order valence-electron chi connectivity index (χ4n) is 3.79. The van der Waals surface area contributed by atoms with Gasteiger partial charge in [0.1, 0.15) is 5.75 Å². The summed E-state index contributed by atoms with van der Waals surface area (Å²) in [6, 6.07) is 6.93. The van der Waals surface area contributed by atoms with E-state index in [4.69, 9.17) is 4.74 Å². The Morgan fingerprint density at radius 3 is 2.77 bits per heavy atom. The number of carbonyl (C=O) groups excluding carboxylic acids is 2. The molecule has 8 heteroatoms. The van der Waals surface area contributed by atoms with E-state index in [1.165, 1.54) is 31.1 Å². The topological polar surface area (TPSA) is 83.6 Å². The molecule has 7 nitrogen and oxygen atoms in total. The Morgan fingerprint density at radius 2 is 2.10 bits per heavy atom. The van der Waals surface area contributed by atoms with Gasteiger partial charge in [-0.25, -0.2) is 4.98 Å². The maximum absolute atomic E-state index is 12.6. The predicted molar refractivity (Wildman–Crippen MR) is 119 cm³/mol. The number of hydrogen-bond acceptors (Lipinski definition) is 6. The first kappa shape index (κ1) is 22.2. The van der Waals surface area contributed by atoms with Crippen LogP contribution in [0.5, 0.6) is 5.75 Å². The molecule has 0 spiro atoms. The van der Waals surface area contributed by atoms with Crippen LogP contribution >= 0.6 is 11.3 Å². The molecule has 1 aliphatic heterocycles. The lowest BCUT2D eigenvalue weighted by Gasteiger charge is -2.30. The fourth-order valence-corrected chi connectivity index (χ4v) is 4.50. The highest BCUT2D eigenvalue weighted by atomic mass is 32.1. The Balaban J connectivity index is 1.58. The van der Waals surface area contributed by atoms with Gasteiger partial charge in [0.15, 0.2) is 5.13 Å². The molecule has 2 amide bonds. The average Bonchev–Trinajstić information content (AvgIpc) is 3.13. The van der Waals surface area contributed by atoms with Crippen LogP contribution in [-0.4, -0.2) is 41.9 Å². The minimum absolute atomic E-state index is 0.129. The van der Waals surface area contributed by atoms with Crippen LogP contribution in [0.1, 0.15) is 50.4 Å². The molecule has 0 bridgehead atoms. The van der Waals surface area contributed by atoms with E-state index in [1.807, 2.05) is 29.6 Å². The zero-order chi connectivity index (χ0) is 21.5. The lowest BCUT2D eigenvalue weighted by atomic mass is 10.0. The summed E-state index contributed by atoms with van der Waals surface area (Å²) in [7, 11) is 1.60. The number of anilines is 1. The number of piperidine rings is 1. The van der Waals surface area contributed by atoms with Crippen LogP contribution in [-0.2, 0) is 16.1 Å². The fraction of sp³-hybridized carbons (Fsp3) is 0.500. The third-order valence-electron chi connectivity index (χ3n) is 5.21. The number of likely N-dealkylation sites (tertiary alicyclic amines) is 1. The number of rotatable bonds is 8. The van der Waals surface area contributed by atoms with Gasteiger partial charge in [-0.3, -0.25) is 14.5 Å². The molecule has 1 aliphatic rings. The predicted octanol–water partition coefficient (Wildman–Crippen LogP) is 3.59. The van der Waals surface area contributed by atoms with Gasteiger partial charge in [-0.15, -0.1) is 11.3 Å². The number of benzene rings is 1. The summed E-state index contributed by atoms with van der Waals surface area (Å²) in [5.41, 5.74) is 1.83. The Morgan fingerprint density at radius 1 is 1.33 bits per heavy atom. The molecule has 3 rings (SSSR count). The minimum atomic E-state index is -0.414. The van der Waals surface area contributed by atoms with Crippen molar-refractivity contribution in [2.75, 3.05) is 25.5 Å². The SMILES string of the molecule is COc1ccc([C@H](CC(=O)Nc2nc(CN3CCC[C@H](C)C3)cs2)NC(C)=O)cc1. The van der Waals surface area contributed by atoms with Gasteiger partial charge >= 0.3 is 0 Å². The number of carbonyl (C=O) groups is 2. The molecule has 2 N–H and O–H groups in total. The van der Waals surface area contributed by atoms with Gasteiger partial charge in [0.05, 0.1) is 25.3 Å². The zero-order valence-corrected chi connectivity index (χ0v) is 18.6. The van der Waals surface area contributed by atoms with E-state index in [-0.39, 0.29) is 18.2 Å². The van der Waals surface area contributed by atoms with E-state index in [9.17, 15) is 9.59 Å². The molecule has 2 atom stereocenters. The first-order valence-corrected chi connectivity index (χ1v) is 11.2. The van der Waals surface area contributed by atoms with Gasteiger partial charge in [0, 0.05) is 25.4 Å². The monoisotopic (exact) mass is 430 g/mol. The number of methoxy groups -OCH3 is 1. The summed E-state index contributed by atoms with van der Waals surface area (Å²) < 4.78 is 5.18. The summed E-state index contributed by atoms with van der Waals surface area (Å²) in [6.45, 7) is 6.75. The van der Waals surface area contributed by atoms with Crippen molar-refractivity contribution in [3.05, 3.63) is 40.9 Å². The van der Waals surface area contributed by atoms with Crippen molar-refractivity contribution in [1.82, 2.24) is 15.2 Å². The van der Waals surface area contributed by atoms with E-state index in [0.717, 1.165) is 42.6 Å². The first-order chi connectivity index (χ1) is 14.4. The molecule has 0 unspecified atom stereocenters. The molecule has 0 saturated carbocycles. The molecule has 162 valence electrons. The summed E-state index contributed by atoms with van der Waals surface area (Å²) in [5.74, 6) is 1.08. The van der Waals surface area contributed by atoms with Crippen molar-refractivity contribution in [3.8, 4) is 5.75 Å². The van der Waals surface area contributed by atoms with Crippen LogP contribution in [0.2, 0.25) is 0 Å². The number of thiazole rings is 1. The quantitative estimate of drug-likeness (QED) is 0.669. The van der Waals surface area contributed by atoms with Gasteiger partial charge in [-0.1, -0.05) is 19.1 Å². The first-order valence-electron chi connectivity index (χ1n) is 10.3. The highest BCUT2D eigenvalue weighted by molar-refractivity contribution is 7.13. The highest BCUT2D eigenvalue weighted by Gasteiger charge is 2.20. The van der Waals surface area contributed by atoms with Crippen molar-refractivity contribution < 1.29 is 14.3 Å². The highest BCUT2D eigenvalue weighted by Crippen LogP contribution is 2.23. The van der Waals surface area contributed by atoms with E-state index >= 15 is 0 Å². The number of amides is 2. The van der Waals surface area contributed by atoms with Crippen molar-refractivity contribution in [1.29, 1.82) is 0 Å². The molecule has 0 radical (unpaired) electrons. The van der Waals surface area contributed by atoms with Crippen molar-refractivity contribution >= 4 is 28.3 Å². The lowest BCUT2D eigenvalue weighted by Crippen LogP contribution is -2.33. The molecule has 2 heterocycles. The summed E-state index contributed by atoms with van der Waals surface area (Å²) in [6.07, 6.45) is 2.65. The Labute approximate surface area is 181 Å². The smallest absolute Gasteiger partial charge is 0.228 e. The Hall–Kier alpha value is -2.45. The number of ether oxygens (including phenoxy) is 1. The van der Waals surface area contributed by atoms with Crippen LogP contribution in [0.15, 0.2) is 29.6 Å². The van der Waals surface area contributed by atoms with Crippen LogP contribution in [0, 0.1) is 5.92 Å². The van der Waals surface area contributed by atoms with Gasteiger partial charge in [-0.2, -0.15) is 0 Å². The molecule has 2 aromatic rings. The third kappa shape index (κ3) is 6.53. The van der Waals surface area contributed by atoms with Crippen LogP contribution < -0.4 is 15.4 Å². The van der Waals surface area contributed by atoms with Crippen LogP contribution in [0.25, 0.3) is 0 Å². The Kier molecular flexibility index (Phi) is 7.81. The van der Waals surface area contributed by atoms with E-state index in [2.05, 4.69) is 27.4 Å². The molecule has 1 aromatic carbocycles. The molecule has 1 saturated heterocycles. The van der Waals surface area contributed by atoms with Crippen molar-refractivity contribution in [2.45, 2.75) is 45.7 Å². The van der Waals surface area contributed by atoms with E-state index < -0.39 is 6.04 Å². The van der Waals surface area contributed by atoms with Crippen molar-refractivity contribution in [3.63, 3.8) is 0 Å². The van der Waals surface area contributed by atoms with Crippen molar-refractivity contribution in [2.24, 2.45) is 5.92 Å². The van der Waals surface area contributed by atoms with Crippen LogP contribution in [0.4, 0.5) is 5.13 Å². The number of aromatic nitrogens is 1. The second kappa shape index (κ2) is 10.5. The molecular formula is C22H30N4O3S. The van der Waals surface area contributed by atoms with E-state index in [1.54, 1.807) is 7.11 Å². The van der Waals surface area contributed by atoms with Gasteiger partial charge in [0.25, 0.3) is 0 Å². The maximum atomic E-state index is 12.6. The standard InChI is InChI=1S/C22H30N4O3S/c1-15-5-4-10-26(12-15)13-18-14-30-22(24-18)25-21(28)11-20(23-16(2)27)17-6-8-19(29-3)9-7-17/h6-9,14-15,20H,4-5,10-13H2,1-3H3,(H,23,27)(H,24,25,28)/t15-,20-/m0/s1. The van der Waals surface area contributed by atoms with Crippen LogP contribution in [0.3, 0.4) is 0 Å². The third-order valence-corrected chi connectivity index (χ3v) is 6.02. The largest absolute Gasteiger partial charge is 0.497 e. The van der Waals surface area contributed by atoms with E-state index in [0.29, 0.717) is 5.13 Å². The summed E-state index contributed by atoms with van der Waals surface area (Å²) >= 11 is 1.44. The number of nitrogens with one attached hydrogen (secondary N) is 2. The normalized spacial score (nSPS) is 17.9. The molecule has 30 heavy (non-hydrogen) atoms. The summed E-state index contributed by atoms with van der Waals surface area (Å²) in [5, 5.41) is 8.33. The van der Waals surface area contributed by atoms with Gasteiger partial charge < -0.3 is 15.4 Å². The number of hydrogen-bond donors (Lipinski definition) is 2. The molecule has 1 fully saturated rings. The molecule has 0 aliphatic carbocycles. The minimum Gasteiger partial charge on any atom is -0.497 e. The second-order valence-corrected chi connectivity index (χ2v) is 8.76. The molecular weight excluding hydrogens is 400 g/mol. The maximum Gasteiger partial charge on any atom is 0.228 e. The average molecular weight is 431 g/mol. The van der Waals surface area contributed by atoms with Gasteiger partial charge in [0.2, 0.25) is 11.8 Å². The molecule has 1 aromatic heterocycles. The Bertz CT molecular complexity index is 852. The zero-order valence-electron chi connectivity index (χ0n) is 17.8. The van der Waals surface area contributed by atoms with Gasteiger partial charge in [-0.05, 0) is 43.0 Å².